The first-order valence-electron chi connectivity index (χ1n) is 8.36. The first-order chi connectivity index (χ1) is 12.7. The van der Waals surface area contributed by atoms with Gasteiger partial charge in [0.15, 0.2) is 0 Å². The second-order valence-corrected chi connectivity index (χ2v) is 5.58. The van der Waals surface area contributed by atoms with Gasteiger partial charge >= 0.3 is 0 Å². The molecule has 2 rings (SSSR count). The molecule has 2 nitrogen and oxygen atoms in total. The Morgan fingerprint density at radius 3 is 1.27 bits per heavy atom. The highest BCUT2D eigenvalue weighted by Gasteiger charge is 1.84. The van der Waals surface area contributed by atoms with Crippen LogP contribution < -0.4 is 0 Å². The molecule has 0 saturated heterocycles. The SMILES string of the molecule is CC(/C=C/c1ccccc1)=C\C=O.CC(=C/C=O)/C=C/c1ccccc1. The Morgan fingerprint density at radius 1 is 0.615 bits per heavy atom. The van der Waals surface area contributed by atoms with Crippen LogP contribution in [0.3, 0.4) is 0 Å². The monoisotopic (exact) mass is 344 g/mol. The molecular weight excluding hydrogens is 320 g/mol. The highest BCUT2D eigenvalue weighted by atomic mass is 16.1. The minimum atomic E-state index is 0.796. The zero-order valence-electron chi connectivity index (χ0n) is 15.2. The molecular formula is C24H24O2. The van der Waals surface area contributed by atoms with E-state index in [2.05, 4.69) is 0 Å². The molecule has 132 valence electrons. The van der Waals surface area contributed by atoms with E-state index in [1.165, 1.54) is 0 Å². The minimum Gasteiger partial charge on any atom is -0.299 e. The van der Waals surface area contributed by atoms with Gasteiger partial charge in [-0.15, -0.1) is 0 Å². The second kappa shape index (κ2) is 13.1. The van der Waals surface area contributed by atoms with Crippen LogP contribution in [0.25, 0.3) is 12.2 Å². The lowest BCUT2D eigenvalue weighted by molar-refractivity contribution is -0.104. The third-order valence-electron chi connectivity index (χ3n) is 3.34. The second-order valence-electron chi connectivity index (χ2n) is 5.58. The quantitative estimate of drug-likeness (QED) is 0.383. The van der Waals surface area contributed by atoms with Gasteiger partial charge < -0.3 is 0 Å². The molecule has 0 N–H and O–H groups in total. The Hall–Kier alpha value is -3.26. The standard InChI is InChI=1S/2C12H12O/c2*1-11(9-10-13)7-8-12-5-3-2-4-6-12/h2*2-10H,1H3/b8-7+,11-9+;8-7+,11-9-. The fourth-order valence-electron chi connectivity index (χ4n) is 1.91. The number of benzene rings is 2. The molecule has 0 heterocycles. The van der Waals surface area contributed by atoms with Crippen LogP contribution >= 0.6 is 0 Å². The van der Waals surface area contributed by atoms with Gasteiger partial charge in [-0.05, 0) is 48.3 Å². The van der Waals surface area contributed by atoms with Crippen molar-refractivity contribution in [2.24, 2.45) is 0 Å². The Morgan fingerprint density at radius 2 is 0.962 bits per heavy atom. The summed E-state index contributed by atoms with van der Waals surface area (Å²) in [6.07, 6.45) is 12.5. The van der Waals surface area contributed by atoms with Crippen molar-refractivity contribution in [3.05, 3.63) is 107 Å². The van der Waals surface area contributed by atoms with E-state index in [0.717, 1.165) is 34.8 Å². The van der Waals surface area contributed by atoms with E-state index in [0.29, 0.717) is 0 Å². The van der Waals surface area contributed by atoms with Gasteiger partial charge in [-0.3, -0.25) is 9.59 Å². The van der Waals surface area contributed by atoms with Gasteiger partial charge in [-0.2, -0.15) is 0 Å². The summed E-state index contributed by atoms with van der Waals surface area (Å²) in [6.45, 7) is 3.79. The van der Waals surface area contributed by atoms with Gasteiger partial charge in [-0.1, -0.05) is 85.0 Å². The highest BCUT2D eigenvalue weighted by Crippen LogP contribution is 2.04. The van der Waals surface area contributed by atoms with Gasteiger partial charge in [0.05, 0.1) is 0 Å². The first-order valence-corrected chi connectivity index (χ1v) is 8.36. The normalized spacial score (nSPS) is 11.9. The molecule has 0 aliphatic rings. The van der Waals surface area contributed by atoms with E-state index in [1.807, 2.05) is 98.8 Å². The third-order valence-corrected chi connectivity index (χ3v) is 3.34. The average Bonchev–Trinajstić information content (AvgIpc) is 2.67. The fraction of sp³-hybridized carbons (Fsp3) is 0.0833. The number of aldehydes is 2. The number of rotatable bonds is 6. The van der Waals surface area contributed by atoms with Gasteiger partial charge in [0, 0.05) is 0 Å². The molecule has 0 aliphatic carbocycles. The summed E-state index contributed by atoms with van der Waals surface area (Å²) in [5.41, 5.74) is 4.19. The van der Waals surface area contributed by atoms with Crippen LogP contribution in [-0.4, -0.2) is 12.6 Å². The van der Waals surface area contributed by atoms with Gasteiger partial charge in [0.1, 0.15) is 12.6 Å². The predicted molar refractivity (Wildman–Crippen MR) is 111 cm³/mol. The number of hydrogen-bond donors (Lipinski definition) is 0. The summed E-state index contributed by atoms with van der Waals surface area (Å²) in [4.78, 5) is 20.2. The van der Waals surface area contributed by atoms with Crippen molar-refractivity contribution >= 4 is 24.7 Å². The molecule has 0 spiro atoms. The van der Waals surface area contributed by atoms with Crippen LogP contribution in [0.1, 0.15) is 25.0 Å². The van der Waals surface area contributed by atoms with Crippen LogP contribution in [0.2, 0.25) is 0 Å². The van der Waals surface area contributed by atoms with Crippen LogP contribution in [0, 0.1) is 0 Å². The summed E-state index contributed by atoms with van der Waals surface area (Å²) in [6, 6.07) is 20.0. The van der Waals surface area contributed by atoms with Crippen molar-refractivity contribution in [1.82, 2.24) is 0 Å². The average molecular weight is 344 g/mol. The van der Waals surface area contributed by atoms with Gasteiger partial charge in [0.25, 0.3) is 0 Å². The molecule has 0 unspecified atom stereocenters. The number of carbonyl (C=O) groups is 2. The Balaban J connectivity index is 0.000000260. The van der Waals surface area contributed by atoms with Crippen molar-refractivity contribution in [2.75, 3.05) is 0 Å². The minimum absolute atomic E-state index is 0.796. The molecule has 2 aromatic carbocycles. The maximum Gasteiger partial charge on any atom is 0.143 e. The number of carbonyl (C=O) groups excluding carboxylic acids is 2. The molecule has 0 radical (unpaired) electrons. The summed E-state index contributed by atoms with van der Waals surface area (Å²) in [7, 11) is 0. The Kier molecular flexibility index (Phi) is 10.5. The lowest BCUT2D eigenvalue weighted by atomic mass is 10.2. The number of allylic oxidation sites excluding steroid dienone is 6. The Bertz CT molecular complexity index is 710. The van der Waals surface area contributed by atoms with E-state index < -0.39 is 0 Å². The highest BCUT2D eigenvalue weighted by molar-refractivity contribution is 5.68. The smallest absolute Gasteiger partial charge is 0.143 e. The van der Waals surface area contributed by atoms with E-state index >= 15 is 0 Å². The van der Waals surface area contributed by atoms with Crippen LogP contribution in [0.4, 0.5) is 0 Å². The first kappa shape index (κ1) is 20.8. The number of hydrogen-bond acceptors (Lipinski definition) is 2. The zero-order valence-corrected chi connectivity index (χ0v) is 15.2. The molecule has 0 aliphatic heterocycles. The van der Waals surface area contributed by atoms with Crippen molar-refractivity contribution < 1.29 is 9.59 Å². The maximum atomic E-state index is 10.1. The van der Waals surface area contributed by atoms with Gasteiger partial charge in [0.2, 0.25) is 0 Å². The third kappa shape index (κ3) is 9.78. The molecule has 0 saturated carbocycles. The van der Waals surface area contributed by atoms with Crippen LogP contribution in [0.15, 0.2) is 96.1 Å². The molecule has 0 amide bonds. The Labute approximate surface area is 155 Å². The van der Waals surface area contributed by atoms with E-state index in [4.69, 9.17) is 0 Å². The van der Waals surface area contributed by atoms with Crippen molar-refractivity contribution in [1.29, 1.82) is 0 Å². The topological polar surface area (TPSA) is 34.1 Å². The van der Waals surface area contributed by atoms with E-state index in [-0.39, 0.29) is 0 Å². The molecule has 0 bridgehead atoms. The fourth-order valence-corrected chi connectivity index (χ4v) is 1.91. The largest absolute Gasteiger partial charge is 0.299 e. The molecule has 0 atom stereocenters. The zero-order chi connectivity index (χ0) is 19.0. The summed E-state index contributed by atoms with van der Waals surface area (Å²) in [5.74, 6) is 0. The van der Waals surface area contributed by atoms with Crippen molar-refractivity contribution in [3.8, 4) is 0 Å². The molecule has 2 aromatic rings. The van der Waals surface area contributed by atoms with E-state index in [9.17, 15) is 9.59 Å². The van der Waals surface area contributed by atoms with E-state index in [1.54, 1.807) is 12.2 Å². The van der Waals surface area contributed by atoms with Crippen molar-refractivity contribution in [2.45, 2.75) is 13.8 Å². The maximum absolute atomic E-state index is 10.1. The van der Waals surface area contributed by atoms with Crippen LogP contribution in [-0.2, 0) is 9.59 Å². The van der Waals surface area contributed by atoms with Crippen molar-refractivity contribution in [3.63, 3.8) is 0 Å². The summed E-state index contributed by atoms with van der Waals surface area (Å²) < 4.78 is 0. The molecule has 2 heteroatoms. The summed E-state index contributed by atoms with van der Waals surface area (Å²) in [5, 5.41) is 0. The molecule has 26 heavy (non-hydrogen) atoms. The molecule has 0 aromatic heterocycles. The lowest BCUT2D eigenvalue weighted by Gasteiger charge is -1.91. The van der Waals surface area contributed by atoms with Gasteiger partial charge in [-0.25, -0.2) is 0 Å². The molecule has 0 fully saturated rings. The summed E-state index contributed by atoms with van der Waals surface area (Å²) >= 11 is 0. The lowest BCUT2D eigenvalue weighted by Crippen LogP contribution is -1.71. The predicted octanol–water partition coefficient (Wildman–Crippen LogP) is 5.69. The van der Waals surface area contributed by atoms with Crippen LogP contribution in [0.5, 0.6) is 0 Å².